The first kappa shape index (κ1) is 23.0. The molecule has 0 aliphatic rings. The fourth-order valence-electron chi connectivity index (χ4n) is 3.50. The summed E-state index contributed by atoms with van der Waals surface area (Å²) >= 11 is 0. The third kappa shape index (κ3) is 16.6. The van der Waals surface area contributed by atoms with Crippen LogP contribution in [0.5, 0.6) is 0 Å². The maximum atomic E-state index is 2.44. The molecule has 23 heavy (non-hydrogen) atoms. The van der Waals surface area contributed by atoms with E-state index in [0.29, 0.717) is 0 Å². The Morgan fingerprint density at radius 2 is 0.826 bits per heavy atom. The van der Waals surface area contributed by atoms with Gasteiger partial charge in [0.1, 0.15) is 0 Å². The zero-order valence-electron chi connectivity index (χ0n) is 17.0. The zero-order valence-corrected chi connectivity index (χ0v) is 17.0. The Morgan fingerprint density at radius 3 is 1.22 bits per heavy atom. The van der Waals surface area contributed by atoms with E-state index < -0.39 is 0 Å². The lowest BCUT2D eigenvalue weighted by atomic mass is 10.0. The lowest BCUT2D eigenvalue weighted by Crippen LogP contribution is -2.27. The quantitative estimate of drug-likeness (QED) is 0.235. The number of unbranched alkanes of at least 4 members (excludes halogenated alkanes) is 13. The molecule has 0 saturated carbocycles. The normalized spacial score (nSPS) is 12.9. The maximum absolute atomic E-state index is 2.44. The molecule has 0 rings (SSSR count). The summed E-state index contributed by atoms with van der Waals surface area (Å²) in [4.78, 5) is 2.44. The van der Waals surface area contributed by atoms with Gasteiger partial charge in [0.15, 0.2) is 0 Å². The van der Waals surface area contributed by atoms with E-state index in [1.165, 1.54) is 109 Å². The molecule has 1 unspecified atom stereocenters. The van der Waals surface area contributed by atoms with Gasteiger partial charge in [-0.1, -0.05) is 110 Å². The van der Waals surface area contributed by atoms with Crippen LogP contribution in [0.2, 0.25) is 0 Å². The SMILES string of the molecule is CCCCCCCCCCCCCCCC(CCCC)N(C)C. The number of nitrogens with zero attached hydrogens (tertiary/aromatic N) is 1. The summed E-state index contributed by atoms with van der Waals surface area (Å²) < 4.78 is 0. The van der Waals surface area contributed by atoms with Crippen LogP contribution >= 0.6 is 0 Å². The summed E-state index contributed by atoms with van der Waals surface area (Å²) in [5.74, 6) is 0. The topological polar surface area (TPSA) is 3.24 Å². The number of rotatable bonds is 18. The van der Waals surface area contributed by atoms with Gasteiger partial charge in [0.2, 0.25) is 0 Å². The van der Waals surface area contributed by atoms with Crippen molar-refractivity contribution in [1.29, 1.82) is 0 Å². The molecule has 0 N–H and O–H groups in total. The van der Waals surface area contributed by atoms with Crippen molar-refractivity contribution in [2.75, 3.05) is 14.1 Å². The molecule has 0 spiro atoms. The predicted molar refractivity (Wildman–Crippen MR) is 107 cm³/mol. The average molecular weight is 326 g/mol. The highest BCUT2D eigenvalue weighted by Gasteiger charge is 2.09. The van der Waals surface area contributed by atoms with Crippen LogP contribution < -0.4 is 0 Å². The van der Waals surface area contributed by atoms with Gasteiger partial charge in [0.25, 0.3) is 0 Å². The Kier molecular flexibility index (Phi) is 18.3. The highest BCUT2D eigenvalue weighted by atomic mass is 15.1. The van der Waals surface area contributed by atoms with E-state index in [1.807, 2.05) is 0 Å². The second-order valence-corrected chi connectivity index (χ2v) is 7.79. The van der Waals surface area contributed by atoms with Crippen molar-refractivity contribution in [3.8, 4) is 0 Å². The van der Waals surface area contributed by atoms with Crippen molar-refractivity contribution in [2.24, 2.45) is 0 Å². The number of hydrogen-bond donors (Lipinski definition) is 0. The molecule has 0 amide bonds. The molecular formula is C22H47N. The van der Waals surface area contributed by atoms with E-state index in [9.17, 15) is 0 Å². The molecule has 140 valence electrons. The fraction of sp³-hybridized carbons (Fsp3) is 1.00. The predicted octanol–water partition coefficient (Wildman–Crippen LogP) is 7.59. The minimum Gasteiger partial charge on any atom is -0.306 e. The van der Waals surface area contributed by atoms with Crippen LogP contribution in [-0.2, 0) is 0 Å². The van der Waals surface area contributed by atoms with Crippen LogP contribution in [0.15, 0.2) is 0 Å². The third-order valence-corrected chi connectivity index (χ3v) is 5.26. The van der Waals surface area contributed by atoms with Crippen molar-refractivity contribution in [3.05, 3.63) is 0 Å². The fourth-order valence-corrected chi connectivity index (χ4v) is 3.50. The van der Waals surface area contributed by atoms with Gasteiger partial charge >= 0.3 is 0 Å². The Hall–Kier alpha value is -0.0400. The van der Waals surface area contributed by atoms with Gasteiger partial charge in [-0.15, -0.1) is 0 Å². The molecule has 0 aromatic heterocycles. The molecule has 0 aromatic carbocycles. The molecule has 0 heterocycles. The summed E-state index contributed by atoms with van der Waals surface area (Å²) in [7, 11) is 4.51. The van der Waals surface area contributed by atoms with Crippen molar-refractivity contribution in [2.45, 2.75) is 129 Å². The summed E-state index contributed by atoms with van der Waals surface area (Å²) in [6, 6.07) is 0.822. The first-order valence-electron chi connectivity index (χ1n) is 10.9. The van der Waals surface area contributed by atoms with E-state index in [2.05, 4.69) is 32.8 Å². The number of hydrogen-bond acceptors (Lipinski definition) is 1. The van der Waals surface area contributed by atoms with E-state index >= 15 is 0 Å². The van der Waals surface area contributed by atoms with E-state index in [1.54, 1.807) is 0 Å². The van der Waals surface area contributed by atoms with Gasteiger partial charge in [-0.05, 0) is 26.9 Å². The van der Waals surface area contributed by atoms with Crippen molar-refractivity contribution in [3.63, 3.8) is 0 Å². The molecular weight excluding hydrogens is 278 g/mol. The lowest BCUT2D eigenvalue weighted by Gasteiger charge is -2.24. The van der Waals surface area contributed by atoms with Crippen molar-refractivity contribution in [1.82, 2.24) is 4.90 Å². The first-order valence-corrected chi connectivity index (χ1v) is 10.9. The zero-order chi connectivity index (χ0) is 17.2. The largest absolute Gasteiger partial charge is 0.306 e. The Balaban J connectivity index is 3.25. The Labute approximate surface area is 148 Å². The van der Waals surface area contributed by atoms with Gasteiger partial charge in [-0.25, -0.2) is 0 Å². The standard InChI is InChI=1S/C22H47N/c1-5-7-9-10-11-12-13-14-15-16-17-18-19-21-22(23(3)4)20-8-6-2/h22H,5-21H2,1-4H3. The molecule has 0 aliphatic carbocycles. The molecule has 0 saturated heterocycles. The minimum atomic E-state index is 0.822. The highest BCUT2D eigenvalue weighted by molar-refractivity contribution is 4.66. The second-order valence-electron chi connectivity index (χ2n) is 7.79. The van der Waals surface area contributed by atoms with E-state index in [0.717, 1.165) is 6.04 Å². The van der Waals surface area contributed by atoms with Crippen LogP contribution in [0.1, 0.15) is 123 Å². The van der Waals surface area contributed by atoms with E-state index in [-0.39, 0.29) is 0 Å². The molecule has 0 radical (unpaired) electrons. The molecule has 1 heteroatoms. The maximum Gasteiger partial charge on any atom is 0.00891 e. The van der Waals surface area contributed by atoms with Gasteiger partial charge in [-0.2, -0.15) is 0 Å². The highest BCUT2D eigenvalue weighted by Crippen LogP contribution is 2.16. The second kappa shape index (κ2) is 18.3. The van der Waals surface area contributed by atoms with Crippen LogP contribution in [0.4, 0.5) is 0 Å². The minimum absolute atomic E-state index is 0.822. The van der Waals surface area contributed by atoms with Gasteiger partial charge in [0, 0.05) is 6.04 Å². The summed E-state index contributed by atoms with van der Waals surface area (Å²) in [6.07, 6.45) is 24.5. The van der Waals surface area contributed by atoms with Crippen molar-refractivity contribution >= 4 is 0 Å². The van der Waals surface area contributed by atoms with Crippen LogP contribution in [0.25, 0.3) is 0 Å². The van der Waals surface area contributed by atoms with Gasteiger partial charge in [0.05, 0.1) is 0 Å². The molecule has 0 aliphatic heterocycles. The van der Waals surface area contributed by atoms with Gasteiger partial charge < -0.3 is 4.90 Å². The monoisotopic (exact) mass is 325 g/mol. The molecule has 0 aromatic rings. The molecule has 1 nitrogen and oxygen atoms in total. The molecule has 1 atom stereocenters. The Bertz CT molecular complexity index is 212. The summed E-state index contributed by atoms with van der Waals surface area (Å²) in [5, 5.41) is 0. The molecule has 0 fully saturated rings. The van der Waals surface area contributed by atoms with Gasteiger partial charge in [-0.3, -0.25) is 0 Å². The summed E-state index contributed by atoms with van der Waals surface area (Å²) in [5.41, 5.74) is 0. The Morgan fingerprint density at radius 1 is 0.478 bits per heavy atom. The van der Waals surface area contributed by atoms with Crippen molar-refractivity contribution < 1.29 is 0 Å². The first-order chi connectivity index (χ1) is 11.2. The van der Waals surface area contributed by atoms with Crippen LogP contribution in [0, 0.1) is 0 Å². The van der Waals surface area contributed by atoms with E-state index in [4.69, 9.17) is 0 Å². The van der Waals surface area contributed by atoms with Crippen LogP contribution in [0.3, 0.4) is 0 Å². The summed E-state index contributed by atoms with van der Waals surface area (Å²) in [6.45, 7) is 4.60. The lowest BCUT2D eigenvalue weighted by molar-refractivity contribution is 0.253. The molecule has 0 bridgehead atoms. The smallest absolute Gasteiger partial charge is 0.00891 e. The van der Waals surface area contributed by atoms with Crippen LogP contribution in [-0.4, -0.2) is 25.0 Å². The average Bonchev–Trinajstić information content (AvgIpc) is 2.54. The third-order valence-electron chi connectivity index (χ3n) is 5.26.